The van der Waals surface area contributed by atoms with Gasteiger partial charge in [0.15, 0.2) is 0 Å². The Morgan fingerprint density at radius 3 is 1.13 bits per heavy atom. The van der Waals surface area contributed by atoms with Crippen LogP contribution in [0.1, 0.15) is 11.1 Å². The van der Waals surface area contributed by atoms with Crippen LogP contribution >= 0.6 is 0 Å². The fourth-order valence-electron chi connectivity index (χ4n) is 6.18. The third kappa shape index (κ3) is 5.39. The van der Waals surface area contributed by atoms with Crippen LogP contribution in [0.4, 0.5) is 0 Å². The van der Waals surface area contributed by atoms with Gasteiger partial charge in [-0.3, -0.25) is 0 Å². The second kappa shape index (κ2) is 11.7. The van der Waals surface area contributed by atoms with Crippen LogP contribution in [0.3, 0.4) is 0 Å². The molecule has 0 aliphatic rings. The van der Waals surface area contributed by atoms with E-state index in [0.29, 0.717) is 0 Å². The average Bonchev–Trinajstić information content (AvgIpc) is 3.12. The van der Waals surface area contributed by atoms with Crippen LogP contribution in [0.5, 0.6) is 0 Å². The first-order valence-electron chi connectivity index (χ1n) is 15.4. The second-order valence-electron chi connectivity index (χ2n) is 11.4. The lowest BCUT2D eigenvalue weighted by molar-refractivity contribution is 1.19. The summed E-state index contributed by atoms with van der Waals surface area (Å²) in [6, 6.07) is 60.0. The van der Waals surface area contributed by atoms with Gasteiger partial charge in [0.1, 0.15) is 0 Å². The summed E-state index contributed by atoms with van der Waals surface area (Å²) >= 11 is 0. The van der Waals surface area contributed by atoms with E-state index in [1.165, 1.54) is 44.2 Å². The average molecular weight is 575 g/mol. The summed E-state index contributed by atoms with van der Waals surface area (Å²) < 4.78 is 0. The molecule has 0 N–H and O–H groups in total. The van der Waals surface area contributed by atoms with E-state index >= 15 is 0 Å². The summed E-state index contributed by atoms with van der Waals surface area (Å²) in [5, 5.41) is 2.34. The molecule has 212 valence electrons. The number of hydrogen-bond acceptors (Lipinski definition) is 2. The van der Waals surface area contributed by atoms with E-state index in [1.807, 2.05) is 0 Å². The molecule has 45 heavy (non-hydrogen) atoms. The van der Waals surface area contributed by atoms with Crippen LogP contribution in [0.15, 0.2) is 170 Å². The molecule has 0 aliphatic carbocycles. The largest absolute Gasteiger partial charge is 0.248 e. The van der Waals surface area contributed by atoms with Crippen molar-refractivity contribution in [1.82, 2.24) is 9.97 Å². The molecule has 0 amide bonds. The Morgan fingerprint density at radius 2 is 0.711 bits per heavy atom. The van der Waals surface area contributed by atoms with E-state index in [0.717, 1.165) is 40.0 Å². The lowest BCUT2D eigenvalue weighted by atomic mass is 9.96. The van der Waals surface area contributed by atoms with Gasteiger partial charge in [0, 0.05) is 21.9 Å². The fraction of sp³-hybridized carbons (Fsp3) is 0.0233. The molecule has 0 saturated heterocycles. The van der Waals surface area contributed by atoms with Gasteiger partial charge in [0.05, 0.1) is 22.4 Å². The first kappa shape index (κ1) is 26.7. The molecule has 8 rings (SSSR count). The maximum atomic E-state index is 5.02. The van der Waals surface area contributed by atoms with Gasteiger partial charge in [-0.25, -0.2) is 9.97 Å². The number of hydrogen-bond donors (Lipinski definition) is 0. The zero-order valence-electron chi connectivity index (χ0n) is 24.8. The fourth-order valence-corrected chi connectivity index (χ4v) is 6.18. The lowest BCUT2D eigenvalue weighted by Gasteiger charge is -2.12. The molecule has 2 heteroatoms. The van der Waals surface area contributed by atoms with Crippen molar-refractivity contribution in [2.24, 2.45) is 0 Å². The predicted octanol–water partition coefficient (Wildman–Crippen LogP) is 11.0. The van der Waals surface area contributed by atoms with Crippen molar-refractivity contribution in [3.05, 3.63) is 181 Å². The molecule has 0 atom stereocenters. The third-order valence-electron chi connectivity index (χ3n) is 8.51. The number of benzene rings is 6. The molecule has 0 radical (unpaired) electrons. The van der Waals surface area contributed by atoms with E-state index in [2.05, 4.69) is 170 Å². The number of aromatic nitrogens is 2. The van der Waals surface area contributed by atoms with Crippen LogP contribution in [0.25, 0.3) is 66.6 Å². The predicted molar refractivity (Wildman–Crippen MR) is 188 cm³/mol. The highest BCUT2D eigenvalue weighted by Crippen LogP contribution is 2.34. The van der Waals surface area contributed by atoms with Crippen LogP contribution < -0.4 is 0 Å². The van der Waals surface area contributed by atoms with E-state index in [-0.39, 0.29) is 0 Å². The van der Waals surface area contributed by atoms with Crippen molar-refractivity contribution >= 4 is 21.8 Å². The van der Waals surface area contributed by atoms with Crippen molar-refractivity contribution in [1.29, 1.82) is 0 Å². The van der Waals surface area contributed by atoms with Gasteiger partial charge in [-0.15, -0.1) is 0 Å². The summed E-state index contributed by atoms with van der Waals surface area (Å²) in [7, 11) is 0. The van der Waals surface area contributed by atoms with Crippen LogP contribution in [0.2, 0.25) is 0 Å². The van der Waals surface area contributed by atoms with Crippen molar-refractivity contribution in [3.63, 3.8) is 0 Å². The van der Waals surface area contributed by atoms with E-state index < -0.39 is 0 Å². The molecule has 2 aromatic heterocycles. The maximum absolute atomic E-state index is 5.02. The van der Waals surface area contributed by atoms with E-state index in [1.54, 1.807) is 0 Å². The zero-order valence-corrected chi connectivity index (χ0v) is 24.8. The molecule has 0 spiro atoms. The maximum Gasteiger partial charge on any atom is 0.0715 e. The number of pyridine rings is 2. The van der Waals surface area contributed by atoms with E-state index in [4.69, 9.17) is 9.97 Å². The first-order chi connectivity index (χ1) is 22.3. The van der Waals surface area contributed by atoms with Crippen LogP contribution in [0, 0.1) is 0 Å². The smallest absolute Gasteiger partial charge is 0.0715 e. The minimum atomic E-state index is 0.862. The Morgan fingerprint density at radius 1 is 0.333 bits per heavy atom. The summed E-state index contributed by atoms with van der Waals surface area (Å²) in [6.45, 7) is 0. The van der Waals surface area contributed by atoms with Gasteiger partial charge < -0.3 is 0 Å². The Hall–Kier alpha value is -5.86. The van der Waals surface area contributed by atoms with Gasteiger partial charge in [0.2, 0.25) is 0 Å². The van der Waals surface area contributed by atoms with Crippen LogP contribution in [-0.4, -0.2) is 9.97 Å². The van der Waals surface area contributed by atoms with Crippen molar-refractivity contribution in [3.8, 4) is 44.8 Å². The number of rotatable bonds is 6. The molecule has 2 heterocycles. The zero-order chi connectivity index (χ0) is 30.0. The quantitative estimate of drug-likeness (QED) is 0.197. The molecule has 0 fully saturated rings. The number of nitrogens with zero attached hydrogens (tertiary/aromatic N) is 2. The Balaban J connectivity index is 1.06. The number of fused-ring (bicyclic) bond motifs is 2. The van der Waals surface area contributed by atoms with Crippen molar-refractivity contribution in [2.75, 3.05) is 0 Å². The lowest BCUT2D eigenvalue weighted by Crippen LogP contribution is -1.92. The molecular formula is C43H30N2. The van der Waals surface area contributed by atoms with Crippen molar-refractivity contribution < 1.29 is 0 Å². The van der Waals surface area contributed by atoms with Gasteiger partial charge in [-0.05, 0) is 64.1 Å². The second-order valence-corrected chi connectivity index (χ2v) is 11.4. The Kier molecular flexibility index (Phi) is 6.94. The first-order valence-corrected chi connectivity index (χ1v) is 15.4. The van der Waals surface area contributed by atoms with Gasteiger partial charge in [0.25, 0.3) is 0 Å². The molecule has 8 aromatic rings. The van der Waals surface area contributed by atoms with Gasteiger partial charge in [-0.2, -0.15) is 0 Å². The molecular weight excluding hydrogens is 544 g/mol. The van der Waals surface area contributed by atoms with Crippen LogP contribution in [-0.2, 0) is 6.42 Å². The summed E-state index contributed by atoms with van der Waals surface area (Å²) in [4.78, 5) is 10.0. The SMILES string of the molecule is c1ccc(-c2cc(-c3ccc(Cc4ccc(-c5cc(-c6ccccc6)c6ccccc6n5)cc4)cc3)nc3ccccc23)cc1. The summed E-state index contributed by atoms with van der Waals surface area (Å²) in [6.07, 6.45) is 0.862. The normalized spacial score (nSPS) is 11.2. The molecule has 0 saturated carbocycles. The molecule has 0 unspecified atom stereocenters. The number of para-hydroxylation sites is 2. The highest BCUT2D eigenvalue weighted by atomic mass is 14.7. The Bertz CT molecular complexity index is 2090. The highest BCUT2D eigenvalue weighted by molar-refractivity contribution is 5.97. The van der Waals surface area contributed by atoms with Gasteiger partial charge in [-0.1, -0.05) is 146 Å². The topological polar surface area (TPSA) is 25.8 Å². The molecule has 0 bridgehead atoms. The van der Waals surface area contributed by atoms with Crippen molar-refractivity contribution in [2.45, 2.75) is 6.42 Å². The monoisotopic (exact) mass is 574 g/mol. The third-order valence-corrected chi connectivity index (χ3v) is 8.51. The summed E-state index contributed by atoms with van der Waals surface area (Å²) in [5.41, 5.74) is 13.6. The highest BCUT2D eigenvalue weighted by Gasteiger charge is 2.11. The molecule has 6 aromatic carbocycles. The minimum absolute atomic E-state index is 0.862. The summed E-state index contributed by atoms with van der Waals surface area (Å²) in [5.74, 6) is 0. The van der Waals surface area contributed by atoms with E-state index in [9.17, 15) is 0 Å². The molecule has 2 nitrogen and oxygen atoms in total. The Labute approximate surface area is 263 Å². The molecule has 0 aliphatic heterocycles. The minimum Gasteiger partial charge on any atom is -0.248 e. The van der Waals surface area contributed by atoms with Gasteiger partial charge >= 0.3 is 0 Å². The standard InChI is InChI=1S/C43H30N2/c1-3-11-32(12-4-1)38-28-42(44-40-17-9-7-15-36(38)40)34-23-19-30(20-24-34)27-31-21-25-35(26-22-31)43-29-39(33-13-5-2-6-14-33)37-16-8-10-18-41(37)45-43/h1-26,28-29H,27H2.